The van der Waals surface area contributed by atoms with Gasteiger partial charge in [0.2, 0.25) is 5.60 Å². The van der Waals surface area contributed by atoms with E-state index in [2.05, 4.69) is 0 Å². The maximum Gasteiger partial charge on any atom is 0.344 e. The van der Waals surface area contributed by atoms with Crippen molar-refractivity contribution in [3.63, 3.8) is 0 Å². The van der Waals surface area contributed by atoms with E-state index in [0.717, 1.165) is 5.57 Å². The maximum absolute atomic E-state index is 11.5. The number of carbonyl (C=O) groups excluding carboxylic acids is 1. The van der Waals surface area contributed by atoms with Gasteiger partial charge >= 0.3 is 5.97 Å². The molecule has 0 radical (unpaired) electrons. The monoisotopic (exact) mass is 198 g/mol. The van der Waals surface area contributed by atoms with Crippen molar-refractivity contribution in [3.05, 3.63) is 11.6 Å². The molecule has 0 amide bonds. The van der Waals surface area contributed by atoms with Gasteiger partial charge in [-0.2, -0.15) is 0 Å². The summed E-state index contributed by atoms with van der Waals surface area (Å²) >= 11 is 0. The molecule has 2 fully saturated rings. The smallest absolute Gasteiger partial charge is 0.344 e. The lowest BCUT2D eigenvalue weighted by Gasteiger charge is -2.15. The summed E-state index contributed by atoms with van der Waals surface area (Å²) in [4.78, 5) is 11.5. The van der Waals surface area contributed by atoms with E-state index in [4.69, 9.17) is 9.47 Å². The molecule has 1 unspecified atom stereocenters. The highest BCUT2D eigenvalue weighted by molar-refractivity contribution is 5.88. The van der Waals surface area contributed by atoms with Crippen LogP contribution in [0, 0.1) is 0 Å². The standard InChI is InChI=1S/C10H14O4/c1-4-5(2)7(11)10-8(14-10)6(3)13-9(10)12/h4,6-8,11H,1-3H3/b5-4-/t6-,7?,8-,10-/m1/s1. The summed E-state index contributed by atoms with van der Waals surface area (Å²) in [5.41, 5.74) is -0.366. The molecular formula is C10H14O4. The van der Waals surface area contributed by atoms with E-state index in [9.17, 15) is 9.90 Å². The Bertz CT molecular complexity index is 309. The molecule has 2 saturated heterocycles. The summed E-state index contributed by atoms with van der Waals surface area (Å²) in [5, 5.41) is 9.91. The van der Waals surface area contributed by atoms with E-state index in [-0.39, 0.29) is 12.2 Å². The molecule has 0 aromatic rings. The molecule has 0 bridgehead atoms. The van der Waals surface area contributed by atoms with Crippen molar-refractivity contribution in [1.82, 2.24) is 0 Å². The summed E-state index contributed by atoms with van der Waals surface area (Å²) in [6.45, 7) is 5.36. The highest BCUT2D eigenvalue weighted by Gasteiger charge is 2.75. The zero-order chi connectivity index (χ0) is 10.5. The van der Waals surface area contributed by atoms with Crippen molar-refractivity contribution in [2.45, 2.75) is 44.7 Å². The third-order valence-electron chi connectivity index (χ3n) is 3.02. The molecule has 78 valence electrons. The predicted octanol–water partition coefficient (Wildman–Crippen LogP) is 0.396. The van der Waals surface area contributed by atoms with Crippen molar-refractivity contribution in [2.24, 2.45) is 0 Å². The number of fused-ring (bicyclic) bond motifs is 1. The predicted molar refractivity (Wildman–Crippen MR) is 48.6 cm³/mol. The third kappa shape index (κ3) is 0.980. The first kappa shape index (κ1) is 9.68. The van der Waals surface area contributed by atoms with Crippen LogP contribution in [-0.2, 0) is 14.3 Å². The van der Waals surface area contributed by atoms with Crippen molar-refractivity contribution in [1.29, 1.82) is 0 Å². The SMILES string of the molecule is C/C=C(/C)C(O)[C@@]12O[C@@H]1[C@@H](C)OC2=O. The van der Waals surface area contributed by atoms with E-state index >= 15 is 0 Å². The molecular weight excluding hydrogens is 184 g/mol. The lowest BCUT2D eigenvalue weighted by atomic mass is 9.93. The molecule has 2 heterocycles. The van der Waals surface area contributed by atoms with Gasteiger partial charge in [-0.1, -0.05) is 6.08 Å². The molecule has 4 atom stereocenters. The molecule has 1 N–H and O–H groups in total. The third-order valence-corrected chi connectivity index (χ3v) is 3.02. The molecule has 0 aromatic carbocycles. The summed E-state index contributed by atoms with van der Waals surface area (Å²) in [6, 6.07) is 0. The van der Waals surface area contributed by atoms with Crippen LogP contribution in [-0.4, -0.2) is 35.0 Å². The van der Waals surface area contributed by atoms with Crippen LogP contribution in [0.5, 0.6) is 0 Å². The minimum absolute atomic E-state index is 0.248. The van der Waals surface area contributed by atoms with Crippen LogP contribution in [0.1, 0.15) is 20.8 Å². The molecule has 4 nitrogen and oxygen atoms in total. The fourth-order valence-electron chi connectivity index (χ4n) is 1.94. The number of cyclic esters (lactones) is 1. The number of epoxide rings is 1. The van der Waals surface area contributed by atoms with Crippen LogP contribution >= 0.6 is 0 Å². The minimum Gasteiger partial charge on any atom is -0.457 e. The van der Waals surface area contributed by atoms with Gasteiger partial charge in [-0.15, -0.1) is 0 Å². The van der Waals surface area contributed by atoms with Crippen LogP contribution < -0.4 is 0 Å². The second kappa shape index (κ2) is 2.81. The molecule has 14 heavy (non-hydrogen) atoms. The van der Waals surface area contributed by atoms with Crippen LogP contribution in [0.3, 0.4) is 0 Å². The largest absolute Gasteiger partial charge is 0.457 e. The lowest BCUT2D eigenvalue weighted by molar-refractivity contribution is -0.156. The molecule has 2 aliphatic heterocycles. The quantitative estimate of drug-likeness (QED) is 0.396. The molecule has 4 heteroatoms. The number of hydrogen-bond donors (Lipinski definition) is 1. The number of carbonyl (C=O) groups is 1. The van der Waals surface area contributed by atoms with Crippen molar-refractivity contribution < 1.29 is 19.4 Å². The van der Waals surface area contributed by atoms with Crippen LogP contribution in [0.15, 0.2) is 11.6 Å². The van der Waals surface area contributed by atoms with E-state index in [1.54, 1.807) is 19.9 Å². The summed E-state index contributed by atoms with van der Waals surface area (Å²) in [5.74, 6) is -0.441. The molecule has 2 rings (SSSR count). The zero-order valence-electron chi connectivity index (χ0n) is 8.48. The van der Waals surface area contributed by atoms with Gasteiger partial charge in [0.05, 0.1) is 0 Å². The van der Waals surface area contributed by atoms with Crippen LogP contribution in [0.2, 0.25) is 0 Å². The van der Waals surface area contributed by atoms with Gasteiger partial charge in [0.25, 0.3) is 0 Å². The number of aliphatic hydroxyl groups excluding tert-OH is 1. The molecule has 2 aliphatic rings. The summed E-state index contributed by atoms with van der Waals surface area (Å²) in [6.07, 6.45) is 0.366. The van der Waals surface area contributed by atoms with E-state index < -0.39 is 17.7 Å². The van der Waals surface area contributed by atoms with Gasteiger partial charge in [-0.3, -0.25) is 0 Å². The Labute approximate surface area is 82.5 Å². The fraction of sp³-hybridized carbons (Fsp3) is 0.700. The highest BCUT2D eigenvalue weighted by atomic mass is 16.7. The number of aliphatic hydroxyl groups is 1. The average Bonchev–Trinajstić information content (AvgIpc) is 2.86. The van der Waals surface area contributed by atoms with Gasteiger partial charge in [0.15, 0.2) is 0 Å². The first-order valence-electron chi connectivity index (χ1n) is 4.73. The molecule has 0 aliphatic carbocycles. The van der Waals surface area contributed by atoms with E-state index in [0.29, 0.717) is 0 Å². The van der Waals surface area contributed by atoms with Gasteiger partial charge in [0, 0.05) is 0 Å². The minimum atomic E-state index is -1.10. The number of esters is 1. The Morgan fingerprint density at radius 2 is 2.36 bits per heavy atom. The Morgan fingerprint density at radius 1 is 1.71 bits per heavy atom. The van der Waals surface area contributed by atoms with Crippen LogP contribution in [0.4, 0.5) is 0 Å². The Hall–Kier alpha value is -0.870. The zero-order valence-corrected chi connectivity index (χ0v) is 8.48. The highest BCUT2D eigenvalue weighted by Crippen LogP contribution is 2.50. The fourth-order valence-corrected chi connectivity index (χ4v) is 1.94. The molecule has 0 aromatic heterocycles. The van der Waals surface area contributed by atoms with Gasteiger partial charge in [-0.05, 0) is 26.3 Å². The van der Waals surface area contributed by atoms with Gasteiger partial charge in [-0.25, -0.2) is 4.79 Å². The normalized spacial score (nSPS) is 43.1. The van der Waals surface area contributed by atoms with E-state index in [1.165, 1.54) is 0 Å². The van der Waals surface area contributed by atoms with Gasteiger partial charge < -0.3 is 14.6 Å². The number of ether oxygens (including phenoxy) is 2. The maximum atomic E-state index is 11.5. The van der Waals surface area contributed by atoms with Gasteiger partial charge in [0.1, 0.15) is 18.3 Å². The Morgan fingerprint density at radius 3 is 2.71 bits per heavy atom. The first-order chi connectivity index (χ1) is 6.54. The number of rotatable bonds is 2. The summed E-state index contributed by atoms with van der Waals surface area (Å²) < 4.78 is 10.3. The molecule has 0 saturated carbocycles. The van der Waals surface area contributed by atoms with Crippen LogP contribution in [0.25, 0.3) is 0 Å². The van der Waals surface area contributed by atoms with Crippen molar-refractivity contribution in [3.8, 4) is 0 Å². The lowest BCUT2D eigenvalue weighted by Crippen LogP contribution is -2.38. The first-order valence-corrected chi connectivity index (χ1v) is 4.73. The molecule has 0 spiro atoms. The number of allylic oxidation sites excluding steroid dienone is 1. The topological polar surface area (TPSA) is 59.1 Å². The second-order valence-corrected chi connectivity index (χ2v) is 3.88. The van der Waals surface area contributed by atoms with Crippen molar-refractivity contribution >= 4 is 5.97 Å². The average molecular weight is 198 g/mol. The Balaban J connectivity index is 2.24. The van der Waals surface area contributed by atoms with E-state index in [1.807, 2.05) is 6.92 Å². The summed E-state index contributed by atoms with van der Waals surface area (Å²) in [7, 11) is 0. The Kier molecular flexibility index (Phi) is 1.94. The number of hydrogen-bond acceptors (Lipinski definition) is 4. The van der Waals surface area contributed by atoms with Crippen molar-refractivity contribution in [2.75, 3.05) is 0 Å². The second-order valence-electron chi connectivity index (χ2n) is 3.88.